The predicted octanol–water partition coefficient (Wildman–Crippen LogP) is 4.31. The maximum Gasteiger partial charge on any atom is 0.264 e. The largest absolute Gasteiger partial charge is 0.355 e. The Bertz CT molecular complexity index is 1330. The van der Waals surface area contributed by atoms with E-state index in [1.54, 1.807) is 37.3 Å². The highest BCUT2D eigenvalue weighted by Crippen LogP contribution is 2.28. The summed E-state index contributed by atoms with van der Waals surface area (Å²) in [5.74, 6) is -0.763. The van der Waals surface area contributed by atoms with Crippen LogP contribution in [0.3, 0.4) is 0 Å². The lowest BCUT2D eigenvalue weighted by Gasteiger charge is -2.32. The summed E-state index contributed by atoms with van der Waals surface area (Å²) in [5.41, 5.74) is 3.14. The highest BCUT2D eigenvalue weighted by atomic mass is 32.2. The Balaban J connectivity index is 2.06. The van der Waals surface area contributed by atoms with Gasteiger partial charge >= 0.3 is 0 Å². The second-order valence-electron chi connectivity index (χ2n) is 8.89. The summed E-state index contributed by atoms with van der Waals surface area (Å²) in [6.45, 7) is 7.53. The zero-order chi connectivity index (χ0) is 27.0. The van der Waals surface area contributed by atoms with E-state index in [0.29, 0.717) is 18.7 Å². The van der Waals surface area contributed by atoms with E-state index in [1.165, 1.54) is 17.0 Å². The second kappa shape index (κ2) is 12.5. The lowest BCUT2D eigenvalue weighted by molar-refractivity contribution is -0.139. The van der Waals surface area contributed by atoms with Crippen LogP contribution in [0.4, 0.5) is 5.69 Å². The average Bonchev–Trinajstić information content (AvgIpc) is 2.90. The third-order valence-corrected chi connectivity index (χ3v) is 7.98. The minimum atomic E-state index is -4.07. The van der Waals surface area contributed by atoms with Crippen LogP contribution in [0.1, 0.15) is 37.5 Å². The van der Waals surface area contributed by atoms with Gasteiger partial charge in [-0.1, -0.05) is 73.2 Å². The van der Waals surface area contributed by atoms with E-state index in [0.717, 1.165) is 21.0 Å². The van der Waals surface area contributed by atoms with Gasteiger partial charge in [0, 0.05) is 13.1 Å². The van der Waals surface area contributed by atoms with Gasteiger partial charge in [-0.15, -0.1) is 0 Å². The van der Waals surface area contributed by atoms with Crippen LogP contribution in [0.15, 0.2) is 83.8 Å². The number of nitrogens with one attached hydrogen (secondary N) is 1. The van der Waals surface area contributed by atoms with Crippen molar-refractivity contribution in [1.29, 1.82) is 0 Å². The Labute approximate surface area is 220 Å². The van der Waals surface area contributed by atoms with Gasteiger partial charge < -0.3 is 10.2 Å². The fourth-order valence-electron chi connectivity index (χ4n) is 4.20. The molecule has 3 rings (SSSR count). The van der Waals surface area contributed by atoms with Crippen molar-refractivity contribution in [3.63, 3.8) is 0 Å². The van der Waals surface area contributed by atoms with E-state index in [-0.39, 0.29) is 17.3 Å². The van der Waals surface area contributed by atoms with Crippen LogP contribution in [0.2, 0.25) is 0 Å². The molecule has 0 spiro atoms. The molecule has 0 saturated heterocycles. The molecule has 7 nitrogen and oxygen atoms in total. The number of carbonyl (C=O) groups is 2. The van der Waals surface area contributed by atoms with E-state index in [4.69, 9.17) is 0 Å². The first-order valence-corrected chi connectivity index (χ1v) is 13.9. The Hall–Kier alpha value is -3.65. The van der Waals surface area contributed by atoms with Crippen LogP contribution in [-0.2, 0) is 32.6 Å². The number of rotatable bonds is 11. The zero-order valence-corrected chi connectivity index (χ0v) is 22.7. The van der Waals surface area contributed by atoms with Crippen molar-refractivity contribution in [2.24, 2.45) is 0 Å². The minimum absolute atomic E-state index is 0.0933. The van der Waals surface area contributed by atoms with Gasteiger partial charge in [0.15, 0.2) is 0 Å². The van der Waals surface area contributed by atoms with Crippen molar-refractivity contribution in [3.8, 4) is 0 Å². The van der Waals surface area contributed by atoms with E-state index in [9.17, 15) is 18.0 Å². The molecule has 0 radical (unpaired) electrons. The van der Waals surface area contributed by atoms with Crippen molar-refractivity contribution < 1.29 is 18.0 Å². The van der Waals surface area contributed by atoms with E-state index < -0.39 is 28.5 Å². The second-order valence-corrected chi connectivity index (χ2v) is 10.8. The number of sulfonamides is 1. The molecule has 3 aromatic rings. The highest BCUT2D eigenvalue weighted by Gasteiger charge is 2.33. The summed E-state index contributed by atoms with van der Waals surface area (Å²) >= 11 is 0. The summed E-state index contributed by atoms with van der Waals surface area (Å²) in [7, 11) is -4.07. The molecule has 0 aromatic heterocycles. The van der Waals surface area contributed by atoms with Gasteiger partial charge in [-0.25, -0.2) is 8.42 Å². The number of hydrogen-bond acceptors (Lipinski definition) is 4. The Morgan fingerprint density at radius 1 is 0.919 bits per heavy atom. The van der Waals surface area contributed by atoms with Crippen LogP contribution in [0.25, 0.3) is 0 Å². The first-order valence-electron chi connectivity index (χ1n) is 12.5. The number of benzene rings is 3. The van der Waals surface area contributed by atoms with Gasteiger partial charge in [0.1, 0.15) is 12.6 Å². The predicted molar refractivity (Wildman–Crippen MR) is 147 cm³/mol. The monoisotopic (exact) mass is 521 g/mol. The first-order chi connectivity index (χ1) is 17.7. The standard InChI is InChI=1S/C29H35N3O4S/c1-5-25-15-10-11-18-27(25)32(37(35,36)26-16-8-7-9-17-26)21-28(33)31(23(4)29(34)30-6-2)20-24-14-12-13-22(3)19-24/h7-19,23H,5-6,20-21H2,1-4H3,(H,30,34). The summed E-state index contributed by atoms with van der Waals surface area (Å²) in [6.07, 6.45) is 0.591. The maximum atomic E-state index is 13.9. The molecular weight excluding hydrogens is 486 g/mol. The molecule has 0 bridgehead atoms. The molecule has 0 aliphatic carbocycles. The number of aryl methyl sites for hydroxylation is 2. The molecule has 37 heavy (non-hydrogen) atoms. The van der Waals surface area contributed by atoms with Gasteiger partial charge in [0.2, 0.25) is 11.8 Å². The summed E-state index contributed by atoms with van der Waals surface area (Å²) in [6, 6.07) is 22.2. The van der Waals surface area contributed by atoms with Gasteiger partial charge in [-0.05, 0) is 56.5 Å². The fraction of sp³-hybridized carbons (Fsp3) is 0.310. The molecule has 3 aromatic carbocycles. The van der Waals surface area contributed by atoms with Gasteiger partial charge in [-0.3, -0.25) is 13.9 Å². The Morgan fingerprint density at radius 2 is 1.59 bits per heavy atom. The van der Waals surface area contributed by atoms with E-state index >= 15 is 0 Å². The summed E-state index contributed by atoms with van der Waals surface area (Å²) in [5, 5.41) is 2.77. The number of likely N-dealkylation sites (N-methyl/N-ethyl adjacent to an activating group) is 1. The molecule has 1 unspecified atom stereocenters. The third kappa shape index (κ3) is 6.77. The minimum Gasteiger partial charge on any atom is -0.355 e. The number of hydrogen-bond donors (Lipinski definition) is 1. The van der Waals surface area contributed by atoms with Gasteiger partial charge in [0.25, 0.3) is 10.0 Å². The molecule has 0 heterocycles. The molecule has 1 atom stereocenters. The molecule has 0 aliphatic rings. The third-order valence-electron chi connectivity index (χ3n) is 6.20. The highest BCUT2D eigenvalue weighted by molar-refractivity contribution is 7.92. The molecule has 0 aliphatic heterocycles. The molecule has 0 saturated carbocycles. The first kappa shape index (κ1) is 27.9. The molecule has 8 heteroatoms. The van der Waals surface area contributed by atoms with Crippen molar-refractivity contribution >= 4 is 27.5 Å². The summed E-state index contributed by atoms with van der Waals surface area (Å²) < 4.78 is 28.9. The van der Waals surface area contributed by atoms with Crippen LogP contribution in [-0.4, -0.2) is 44.3 Å². The van der Waals surface area contributed by atoms with Crippen molar-refractivity contribution in [2.75, 3.05) is 17.4 Å². The van der Waals surface area contributed by atoms with E-state index in [1.807, 2.05) is 57.2 Å². The van der Waals surface area contributed by atoms with Crippen LogP contribution < -0.4 is 9.62 Å². The number of para-hydroxylation sites is 1. The normalized spacial score (nSPS) is 12.0. The number of carbonyl (C=O) groups excluding carboxylic acids is 2. The summed E-state index contributed by atoms with van der Waals surface area (Å²) in [4.78, 5) is 28.2. The SMILES string of the molecule is CCNC(=O)C(C)N(Cc1cccc(C)c1)C(=O)CN(c1ccccc1CC)S(=O)(=O)c1ccccc1. The average molecular weight is 522 g/mol. The number of amides is 2. The lowest BCUT2D eigenvalue weighted by atomic mass is 10.1. The van der Waals surface area contributed by atoms with Crippen molar-refractivity contribution in [1.82, 2.24) is 10.2 Å². The van der Waals surface area contributed by atoms with Gasteiger partial charge in [0.05, 0.1) is 10.6 Å². The van der Waals surface area contributed by atoms with Crippen LogP contribution in [0.5, 0.6) is 0 Å². The molecule has 0 fully saturated rings. The fourth-order valence-corrected chi connectivity index (χ4v) is 5.67. The Morgan fingerprint density at radius 3 is 2.24 bits per heavy atom. The number of anilines is 1. The van der Waals surface area contributed by atoms with Crippen molar-refractivity contribution in [2.45, 2.75) is 51.6 Å². The molecule has 1 N–H and O–H groups in total. The Kier molecular flexibility index (Phi) is 9.47. The quantitative estimate of drug-likeness (QED) is 0.408. The molecular formula is C29H35N3O4S. The lowest BCUT2D eigenvalue weighted by Crippen LogP contribution is -2.51. The maximum absolute atomic E-state index is 13.9. The molecule has 196 valence electrons. The van der Waals surface area contributed by atoms with E-state index in [2.05, 4.69) is 5.32 Å². The molecule has 2 amide bonds. The van der Waals surface area contributed by atoms with Crippen molar-refractivity contribution in [3.05, 3.63) is 95.6 Å². The van der Waals surface area contributed by atoms with Crippen LogP contribution >= 0.6 is 0 Å². The smallest absolute Gasteiger partial charge is 0.264 e. The van der Waals surface area contributed by atoms with Gasteiger partial charge in [-0.2, -0.15) is 0 Å². The number of nitrogens with zero attached hydrogens (tertiary/aromatic N) is 2. The van der Waals surface area contributed by atoms with Crippen LogP contribution in [0, 0.1) is 6.92 Å². The zero-order valence-electron chi connectivity index (χ0n) is 21.8. The topological polar surface area (TPSA) is 86.8 Å².